The van der Waals surface area contributed by atoms with E-state index in [-0.39, 0.29) is 17.4 Å². The molecule has 1 aliphatic rings. The van der Waals surface area contributed by atoms with Crippen molar-refractivity contribution in [3.8, 4) is 11.4 Å². The van der Waals surface area contributed by atoms with Crippen molar-refractivity contribution in [2.45, 2.75) is 18.4 Å². The first-order chi connectivity index (χ1) is 12.5. The fraction of sp³-hybridized carbons (Fsp3) is 0.250. The van der Waals surface area contributed by atoms with E-state index in [4.69, 9.17) is 4.52 Å². The number of pyridine rings is 1. The van der Waals surface area contributed by atoms with Crippen LogP contribution in [0.2, 0.25) is 0 Å². The van der Waals surface area contributed by atoms with Crippen LogP contribution < -0.4 is 0 Å². The number of likely N-dealkylation sites (tertiary alicyclic amines) is 1. The van der Waals surface area contributed by atoms with E-state index in [0.717, 1.165) is 4.90 Å². The minimum absolute atomic E-state index is 0.0240. The Morgan fingerprint density at radius 3 is 2.77 bits per heavy atom. The monoisotopic (exact) mass is 358 g/mol. The molecule has 0 radical (unpaired) electrons. The first-order valence-corrected chi connectivity index (χ1v) is 7.74. The van der Waals surface area contributed by atoms with Gasteiger partial charge in [0.1, 0.15) is 6.04 Å². The van der Waals surface area contributed by atoms with E-state index >= 15 is 0 Å². The van der Waals surface area contributed by atoms with Crippen LogP contribution in [-0.4, -0.2) is 48.6 Å². The molecule has 8 nitrogen and oxygen atoms in total. The van der Waals surface area contributed by atoms with Crippen molar-refractivity contribution in [2.75, 3.05) is 6.54 Å². The summed E-state index contributed by atoms with van der Waals surface area (Å²) in [6.45, 7) is -0.750. The summed E-state index contributed by atoms with van der Waals surface area (Å²) in [5, 5.41) is 11.1. The zero-order valence-electron chi connectivity index (χ0n) is 13.3. The SMILES string of the molecule is O=C(c1cccnn1)N1CC(F)(F)CC1c1nc(-c2ccncc2)no1. The molecule has 1 fully saturated rings. The minimum Gasteiger partial charge on any atom is -0.337 e. The van der Waals surface area contributed by atoms with Crippen molar-refractivity contribution in [1.29, 1.82) is 0 Å². The van der Waals surface area contributed by atoms with Crippen LogP contribution in [0.25, 0.3) is 11.4 Å². The van der Waals surface area contributed by atoms with E-state index in [1.165, 1.54) is 18.3 Å². The fourth-order valence-corrected chi connectivity index (χ4v) is 2.80. The highest BCUT2D eigenvalue weighted by Crippen LogP contribution is 2.41. The molecule has 26 heavy (non-hydrogen) atoms. The Morgan fingerprint density at radius 1 is 1.23 bits per heavy atom. The summed E-state index contributed by atoms with van der Waals surface area (Å²) in [4.78, 5) is 21.7. The van der Waals surface area contributed by atoms with Crippen LogP contribution in [-0.2, 0) is 0 Å². The first-order valence-electron chi connectivity index (χ1n) is 7.74. The van der Waals surface area contributed by atoms with Crippen LogP contribution in [0, 0.1) is 0 Å². The zero-order chi connectivity index (χ0) is 18.1. The number of hydrogen-bond donors (Lipinski definition) is 0. The topological polar surface area (TPSA) is 97.9 Å². The van der Waals surface area contributed by atoms with Crippen LogP contribution in [0.15, 0.2) is 47.4 Å². The molecular formula is C16H12F2N6O2. The number of rotatable bonds is 3. The number of hydrogen-bond acceptors (Lipinski definition) is 7. The lowest BCUT2D eigenvalue weighted by molar-refractivity contribution is 0.0116. The largest absolute Gasteiger partial charge is 0.337 e. The molecule has 1 saturated heterocycles. The molecule has 0 N–H and O–H groups in total. The van der Waals surface area contributed by atoms with Crippen LogP contribution in [0.5, 0.6) is 0 Å². The van der Waals surface area contributed by atoms with Gasteiger partial charge in [-0.2, -0.15) is 10.1 Å². The molecule has 0 aliphatic carbocycles. The molecule has 1 unspecified atom stereocenters. The van der Waals surface area contributed by atoms with Gasteiger partial charge in [-0.25, -0.2) is 8.78 Å². The highest BCUT2D eigenvalue weighted by molar-refractivity contribution is 5.92. The lowest BCUT2D eigenvalue weighted by Crippen LogP contribution is -2.33. The second-order valence-electron chi connectivity index (χ2n) is 5.81. The molecule has 4 heterocycles. The zero-order valence-corrected chi connectivity index (χ0v) is 13.3. The normalized spacial score (nSPS) is 18.8. The van der Waals surface area contributed by atoms with Gasteiger partial charge < -0.3 is 9.42 Å². The maximum absolute atomic E-state index is 14.0. The Balaban J connectivity index is 1.66. The van der Waals surface area contributed by atoms with Gasteiger partial charge in [-0.05, 0) is 24.3 Å². The second kappa shape index (κ2) is 6.21. The highest BCUT2D eigenvalue weighted by atomic mass is 19.3. The number of aromatic nitrogens is 5. The average Bonchev–Trinajstić information content (AvgIpc) is 3.27. The molecule has 1 aliphatic heterocycles. The number of carbonyl (C=O) groups is 1. The molecule has 3 aromatic heterocycles. The third kappa shape index (κ3) is 3.01. The molecular weight excluding hydrogens is 346 g/mol. The quantitative estimate of drug-likeness (QED) is 0.707. The number of amides is 1. The molecule has 0 saturated carbocycles. The Hall–Kier alpha value is -3.30. The van der Waals surface area contributed by atoms with Crippen molar-refractivity contribution in [3.05, 3.63) is 54.4 Å². The van der Waals surface area contributed by atoms with Crippen LogP contribution >= 0.6 is 0 Å². The van der Waals surface area contributed by atoms with Gasteiger partial charge in [0.2, 0.25) is 11.7 Å². The Labute approximate surface area is 145 Å². The summed E-state index contributed by atoms with van der Waals surface area (Å²) in [5.74, 6) is -3.53. The van der Waals surface area contributed by atoms with Gasteiger partial charge in [-0.15, -0.1) is 5.10 Å². The van der Waals surface area contributed by atoms with E-state index in [9.17, 15) is 13.6 Å². The van der Waals surface area contributed by atoms with E-state index in [2.05, 4.69) is 25.3 Å². The Kier molecular flexibility index (Phi) is 3.86. The summed E-state index contributed by atoms with van der Waals surface area (Å²) < 4.78 is 33.2. The Morgan fingerprint density at radius 2 is 2.04 bits per heavy atom. The second-order valence-corrected chi connectivity index (χ2v) is 5.81. The Bertz CT molecular complexity index is 919. The highest BCUT2D eigenvalue weighted by Gasteiger charge is 2.50. The molecule has 0 aromatic carbocycles. The van der Waals surface area contributed by atoms with Crippen molar-refractivity contribution >= 4 is 5.91 Å². The van der Waals surface area contributed by atoms with Gasteiger partial charge >= 0.3 is 0 Å². The van der Waals surface area contributed by atoms with Crippen molar-refractivity contribution in [1.82, 2.24) is 30.2 Å². The molecule has 0 spiro atoms. The number of halogens is 2. The van der Waals surface area contributed by atoms with Gasteiger partial charge in [0, 0.05) is 30.6 Å². The minimum atomic E-state index is -3.06. The standard InChI is InChI=1S/C16H12F2N6O2/c17-16(18)8-12(24(9-16)15(25)11-2-1-5-20-22-11)14-21-13(23-26-14)10-3-6-19-7-4-10/h1-7,12H,8-9H2. The van der Waals surface area contributed by atoms with E-state index < -0.39 is 30.8 Å². The predicted octanol–water partition coefficient (Wildman–Crippen LogP) is 2.14. The molecule has 4 rings (SSSR count). The van der Waals surface area contributed by atoms with Crippen molar-refractivity contribution < 1.29 is 18.1 Å². The predicted molar refractivity (Wildman–Crippen MR) is 82.9 cm³/mol. The van der Waals surface area contributed by atoms with Gasteiger partial charge in [-0.3, -0.25) is 9.78 Å². The summed E-state index contributed by atoms with van der Waals surface area (Å²) in [5.41, 5.74) is 0.607. The fourth-order valence-electron chi connectivity index (χ4n) is 2.80. The third-order valence-corrected chi connectivity index (χ3v) is 3.99. The van der Waals surface area contributed by atoms with Gasteiger partial charge in [0.25, 0.3) is 11.8 Å². The maximum atomic E-state index is 14.0. The maximum Gasteiger partial charge on any atom is 0.275 e. The van der Waals surface area contributed by atoms with E-state index in [0.29, 0.717) is 5.56 Å². The summed E-state index contributed by atoms with van der Waals surface area (Å²) in [6.07, 6.45) is 3.90. The van der Waals surface area contributed by atoms with Crippen molar-refractivity contribution in [3.63, 3.8) is 0 Å². The molecule has 3 aromatic rings. The molecule has 1 amide bonds. The van der Waals surface area contributed by atoms with Gasteiger partial charge in [-0.1, -0.05) is 5.16 Å². The van der Waals surface area contributed by atoms with Crippen LogP contribution in [0.4, 0.5) is 8.78 Å². The van der Waals surface area contributed by atoms with Gasteiger partial charge in [0.15, 0.2) is 5.69 Å². The summed E-state index contributed by atoms with van der Waals surface area (Å²) in [7, 11) is 0. The van der Waals surface area contributed by atoms with Crippen LogP contribution in [0.3, 0.4) is 0 Å². The number of nitrogens with zero attached hydrogens (tertiary/aromatic N) is 6. The number of alkyl halides is 2. The van der Waals surface area contributed by atoms with E-state index in [1.54, 1.807) is 24.5 Å². The number of carbonyl (C=O) groups excluding carboxylic acids is 1. The lowest BCUT2D eigenvalue weighted by atomic mass is 10.2. The third-order valence-electron chi connectivity index (χ3n) is 3.99. The molecule has 1 atom stereocenters. The average molecular weight is 358 g/mol. The summed E-state index contributed by atoms with van der Waals surface area (Å²) in [6, 6.07) is 5.22. The first kappa shape index (κ1) is 16.2. The van der Waals surface area contributed by atoms with E-state index in [1.807, 2.05) is 0 Å². The summed E-state index contributed by atoms with van der Waals surface area (Å²) >= 11 is 0. The smallest absolute Gasteiger partial charge is 0.275 e. The van der Waals surface area contributed by atoms with Crippen LogP contribution in [0.1, 0.15) is 28.8 Å². The van der Waals surface area contributed by atoms with Gasteiger partial charge in [0.05, 0.1) is 6.54 Å². The van der Waals surface area contributed by atoms with Crippen molar-refractivity contribution in [2.24, 2.45) is 0 Å². The molecule has 0 bridgehead atoms. The lowest BCUT2D eigenvalue weighted by Gasteiger charge is -2.20. The molecule has 132 valence electrons. The molecule has 10 heteroatoms.